The van der Waals surface area contributed by atoms with Crippen LogP contribution in [0.25, 0.3) is 11.0 Å². The van der Waals surface area contributed by atoms with Crippen LogP contribution in [-0.2, 0) is 0 Å². The van der Waals surface area contributed by atoms with Crippen LogP contribution in [0.3, 0.4) is 0 Å². The van der Waals surface area contributed by atoms with Crippen molar-refractivity contribution in [2.45, 2.75) is 20.0 Å². The number of halogens is 1. The molecule has 0 aliphatic carbocycles. The Kier molecular flexibility index (Phi) is 3.73. The zero-order valence-corrected chi connectivity index (χ0v) is 11.7. The third kappa shape index (κ3) is 2.57. The molecular formula is C13H14BrNO3. The standard InChI is InChI=1S/C13H14BrNO3/c1-7(16)6-15-13(17)12-8(2)10-5-9(14)3-4-11(10)18-12/h3-5,7,16H,6H2,1-2H3,(H,15,17)/t7-/m0/s1. The van der Waals surface area contributed by atoms with E-state index in [4.69, 9.17) is 9.52 Å². The molecule has 0 fully saturated rings. The van der Waals surface area contributed by atoms with Gasteiger partial charge in [0.2, 0.25) is 0 Å². The number of furan rings is 1. The van der Waals surface area contributed by atoms with Gasteiger partial charge in [-0.3, -0.25) is 4.79 Å². The van der Waals surface area contributed by atoms with Gasteiger partial charge in [-0.05, 0) is 32.0 Å². The van der Waals surface area contributed by atoms with E-state index in [1.807, 2.05) is 25.1 Å². The maximum Gasteiger partial charge on any atom is 0.287 e. The van der Waals surface area contributed by atoms with Gasteiger partial charge < -0.3 is 14.8 Å². The second-order valence-electron chi connectivity index (χ2n) is 4.26. The first kappa shape index (κ1) is 13.1. The van der Waals surface area contributed by atoms with E-state index in [1.54, 1.807) is 6.92 Å². The number of carbonyl (C=O) groups is 1. The number of amides is 1. The number of aryl methyl sites for hydroxylation is 1. The molecule has 0 saturated carbocycles. The first-order valence-electron chi connectivity index (χ1n) is 5.64. The van der Waals surface area contributed by atoms with Gasteiger partial charge in [0.1, 0.15) is 5.58 Å². The molecule has 96 valence electrons. The molecule has 1 heterocycles. The number of fused-ring (bicyclic) bond motifs is 1. The molecule has 0 unspecified atom stereocenters. The number of carbonyl (C=O) groups excluding carboxylic acids is 1. The van der Waals surface area contributed by atoms with Crippen LogP contribution in [0.5, 0.6) is 0 Å². The van der Waals surface area contributed by atoms with Gasteiger partial charge in [-0.2, -0.15) is 0 Å². The minimum absolute atomic E-state index is 0.207. The summed E-state index contributed by atoms with van der Waals surface area (Å²) in [6, 6.07) is 5.60. The third-order valence-corrected chi connectivity index (χ3v) is 3.16. The van der Waals surface area contributed by atoms with Crippen molar-refractivity contribution in [3.8, 4) is 0 Å². The Morgan fingerprint density at radius 1 is 1.56 bits per heavy atom. The molecule has 1 aromatic carbocycles. The van der Waals surface area contributed by atoms with Gasteiger partial charge in [0.05, 0.1) is 6.10 Å². The molecule has 1 aromatic heterocycles. The lowest BCUT2D eigenvalue weighted by atomic mass is 10.1. The van der Waals surface area contributed by atoms with Gasteiger partial charge in [0, 0.05) is 22.0 Å². The van der Waals surface area contributed by atoms with Crippen LogP contribution < -0.4 is 5.32 Å². The number of aliphatic hydroxyl groups is 1. The summed E-state index contributed by atoms with van der Waals surface area (Å²) in [7, 11) is 0. The molecule has 0 aliphatic rings. The molecular weight excluding hydrogens is 298 g/mol. The van der Waals surface area contributed by atoms with Crippen LogP contribution in [0, 0.1) is 6.92 Å². The predicted molar refractivity (Wildman–Crippen MR) is 72.7 cm³/mol. The van der Waals surface area contributed by atoms with Gasteiger partial charge in [-0.1, -0.05) is 15.9 Å². The fraction of sp³-hybridized carbons (Fsp3) is 0.308. The van der Waals surface area contributed by atoms with E-state index in [0.717, 1.165) is 15.4 Å². The molecule has 5 heteroatoms. The van der Waals surface area contributed by atoms with E-state index in [-0.39, 0.29) is 12.5 Å². The maximum atomic E-state index is 11.9. The number of benzene rings is 1. The summed E-state index contributed by atoms with van der Waals surface area (Å²) in [4.78, 5) is 11.9. The molecule has 0 radical (unpaired) electrons. The summed E-state index contributed by atoms with van der Waals surface area (Å²) in [6.45, 7) is 3.66. The topological polar surface area (TPSA) is 62.5 Å². The normalized spacial score (nSPS) is 12.7. The summed E-state index contributed by atoms with van der Waals surface area (Å²) in [6.07, 6.45) is -0.576. The fourth-order valence-corrected chi connectivity index (χ4v) is 2.09. The third-order valence-electron chi connectivity index (χ3n) is 2.66. The summed E-state index contributed by atoms with van der Waals surface area (Å²) in [5.74, 6) is -0.00975. The molecule has 0 aliphatic heterocycles. The van der Waals surface area contributed by atoms with Crippen molar-refractivity contribution in [1.82, 2.24) is 5.32 Å². The largest absolute Gasteiger partial charge is 0.451 e. The number of hydrogen-bond donors (Lipinski definition) is 2. The van der Waals surface area contributed by atoms with E-state index in [9.17, 15) is 4.79 Å². The molecule has 2 N–H and O–H groups in total. The molecule has 0 spiro atoms. The van der Waals surface area contributed by atoms with Crippen LogP contribution in [-0.4, -0.2) is 23.7 Å². The lowest BCUT2D eigenvalue weighted by molar-refractivity contribution is 0.0898. The molecule has 2 aromatic rings. The average Bonchev–Trinajstić information content (AvgIpc) is 2.64. The molecule has 1 atom stereocenters. The molecule has 0 saturated heterocycles. The van der Waals surface area contributed by atoms with Crippen LogP contribution >= 0.6 is 15.9 Å². The Labute approximate surface area is 113 Å². The second kappa shape index (κ2) is 5.12. The lowest BCUT2D eigenvalue weighted by Crippen LogP contribution is -2.30. The lowest BCUT2D eigenvalue weighted by Gasteiger charge is -2.05. The van der Waals surface area contributed by atoms with Gasteiger partial charge in [0.15, 0.2) is 5.76 Å². The van der Waals surface area contributed by atoms with Crippen LogP contribution in [0.15, 0.2) is 27.1 Å². The summed E-state index contributed by atoms with van der Waals surface area (Å²) < 4.78 is 6.47. The van der Waals surface area contributed by atoms with E-state index in [0.29, 0.717) is 11.3 Å². The molecule has 18 heavy (non-hydrogen) atoms. The quantitative estimate of drug-likeness (QED) is 0.916. The Morgan fingerprint density at radius 2 is 2.28 bits per heavy atom. The minimum atomic E-state index is -0.576. The number of hydrogen-bond acceptors (Lipinski definition) is 3. The summed E-state index contributed by atoms with van der Waals surface area (Å²) in [5, 5.41) is 12.7. The second-order valence-corrected chi connectivity index (χ2v) is 5.17. The molecule has 4 nitrogen and oxygen atoms in total. The average molecular weight is 312 g/mol. The van der Waals surface area contributed by atoms with E-state index in [1.165, 1.54) is 0 Å². The number of nitrogens with one attached hydrogen (secondary N) is 1. The molecule has 1 amide bonds. The first-order valence-corrected chi connectivity index (χ1v) is 6.43. The maximum absolute atomic E-state index is 11.9. The number of aliphatic hydroxyl groups excluding tert-OH is 1. The van der Waals surface area contributed by atoms with Crippen molar-refractivity contribution < 1.29 is 14.3 Å². The van der Waals surface area contributed by atoms with E-state index < -0.39 is 6.10 Å². The van der Waals surface area contributed by atoms with E-state index in [2.05, 4.69) is 21.2 Å². The van der Waals surface area contributed by atoms with Gasteiger partial charge >= 0.3 is 0 Å². The zero-order valence-electron chi connectivity index (χ0n) is 10.2. The Hall–Kier alpha value is -1.33. The van der Waals surface area contributed by atoms with E-state index >= 15 is 0 Å². The smallest absolute Gasteiger partial charge is 0.287 e. The van der Waals surface area contributed by atoms with Gasteiger partial charge in [-0.15, -0.1) is 0 Å². The molecule has 2 rings (SSSR count). The highest BCUT2D eigenvalue weighted by atomic mass is 79.9. The highest BCUT2D eigenvalue weighted by Crippen LogP contribution is 2.27. The monoisotopic (exact) mass is 311 g/mol. The predicted octanol–water partition coefficient (Wildman–Crippen LogP) is 2.61. The van der Waals surface area contributed by atoms with Crippen LogP contribution in [0.4, 0.5) is 0 Å². The summed E-state index contributed by atoms with van der Waals surface area (Å²) in [5.41, 5.74) is 1.48. The van der Waals surface area contributed by atoms with Crippen LogP contribution in [0.1, 0.15) is 23.0 Å². The Bertz CT molecular complexity index is 589. The van der Waals surface area contributed by atoms with Crippen molar-refractivity contribution in [2.75, 3.05) is 6.54 Å². The SMILES string of the molecule is Cc1c(C(=O)NC[C@H](C)O)oc2ccc(Br)cc12. The van der Waals surface area contributed by atoms with Crippen molar-refractivity contribution in [3.05, 3.63) is 34.0 Å². The first-order chi connectivity index (χ1) is 8.49. The highest BCUT2D eigenvalue weighted by molar-refractivity contribution is 9.10. The molecule has 0 bridgehead atoms. The Morgan fingerprint density at radius 3 is 2.94 bits per heavy atom. The number of rotatable bonds is 3. The highest BCUT2D eigenvalue weighted by Gasteiger charge is 2.17. The van der Waals surface area contributed by atoms with Crippen molar-refractivity contribution in [1.29, 1.82) is 0 Å². The summed E-state index contributed by atoms with van der Waals surface area (Å²) >= 11 is 3.39. The zero-order chi connectivity index (χ0) is 13.3. The fourth-order valence-electron chi connectivity index (χ4n) is 1.73. The van der Waals surface area contributed by atoms with Crippen LogP contribution in [0.2, 0.25) is 0 Å². The van der Waals surface area contributed by atoms with Crippen molar-refractivity contribution in [3.63, 3.8) is 0 Å². The van der Waals surface area contributed by atoms with Crippen molar-refractivity contribution in [2.24, 2.45) is 0 Å². The Balaban J connectivity index is 2.34. The van der Waals surface area contributed by atoms with Gasteiger partial charge in [0.25, 0.3) is 5.91 Å². The van der Waals surface area contributed by atoms with Crippen molar-refractivity contribution >= 4 is 32.8 Å². The van der Waals surface area contributed by atoms with Gasteiger partial charge in [-0.25, -0.2) is 0 Å². The minimum Gasteiger partial charge on any atom is -0.451 e.